The average molecular weight is 305 g/mol. The molecule has 2 N–H and O–H groups in total. The van der Waals surface area contributed by atoms with Gasteiger partial charge in [0.1, 0.15) is 0 Å². The quantitative estimate of drug-likeness (QED) is 0.897. The van der Waals surface area contributed by atoms with Gasteiger partial charge >= 0.3 is 6.09 Å². The summed E-state index contributed by atoms with van der Waals surface area (Å²) < 4.78 is 0. The Morgan fingerprint density at radius 3 is 2.64 bits per heavy atom. The number of nitrogens with zero attached hydrogens (tertiary/aromatic N) is 2. The van der Waals surface area contributed by atoms with Crippen LogP contribution in [-0.4, -0.2) is 52.6 Å². The smallest absolute Gasteiger partial charge is 0.407 e. The molecule has 2 rings (SSSR count). The fourth-order valence-electron chi connectivity index (χ4n) is 2.86. The number of amides is 2. The fourth-order valence-corrected chi connectivity index (χ4v) is 2.86. The Morgan fingerprint density at radius 2 is 2.09 bits per heavy atom. The number of aryl methyl sites for hydroxylation is 1. The first-order chi connectivity index (χ1) is 10.4. The van der Waals surface area contributed by atoms with E-state index in [0.29, 0.717) is 6.54 Å². The number of hydrogen-bond acceptors (Lipinski definition) is 3. The van der Waals surface area contributed by atoms with E-state index < -0.39 is 6.09 Å². The predicted octanol–water partition coefficient (Wildman–Crippen LogP) is 2.14. The number of anilines is 1. The number of nitrogens with one attached hydrogen (secondary N) is 1. The maximum Gasteiger partial charge on any atom is 0.407 e. The van der Waals surface area contributed by atoms with E-state index in [4.69, 9.17) is 5.11 Å². The molecule has 0 spiro atoms. The second-order valence-electron chi connectivity index (χ2n) is 5.88. The third-order valence-corrected chi connectivity index (χ3v) is 4.01. The van der Waals surface area contributed by atoms with E-state index in [-0.39, 0.29) is 11.9 Å². The number of carboxylic acid groups (broad SMARTS) is 1. The minimum absolute atomic E-state index is 0.00482. The molecule has 6 nitrogen and oxygen atoms in total. The van der Waals surface area contributed by atoms with Crippen molar-refractivity contribution < 1.29 is 14.7 Å². The van der Waals surface area contributed by atoms with Crippen molar-refractivity contribution in [1.29, 1.82) is 0 Å². The predicted molar refractivity (Wildman–Crippen MR) is 85.0 cm³/mol. The lowest BCUT2D eigenvalue weighted by Gasteiger charge is -2.38. The summed E-state index contributed by atoms with van der Waals surface area (Å²) in [4.78, 5) is 25.9. The summed E-state index contributed by atoms with van der Waals surface area (Å²) in [6.45, 7) is 8.27. The summed E-state index contributed by atoms with van der Waals surface area (Å²) in [6.07, 6.45) is -0.844. The van der Waals surface area contributed by atoms with Crippen molar-refractivity contribution in [3.8, 4) is 0 Å². The van der Waals surface area contributed by atoms with Crippen LogP contribution in [0.4, 0.5) is 10.5 Å². The minimum atomic E-state index is -0.844. The second-order valence-corrected chi connectivity index (χ2v) is 5.88. The molecule has 0 saturated carbocycles. The van der Waals surface area contributed by atoms with E-state index in [0.717, 1.165) is 30.9 Å². The normalized spacial score (nSPS) is 19.0. The maximum atomic E-state index is 11.1. The summed E-state index contributed by atoms with van der Waals surface area (Å²) in [5.41, 5.74) is 3.13. The molecule has 1 aromatic carbocycles. The largest absolute Gasteiger partial charge is 0.465 e. The molecule has 1 aromatic rings. The van der Waals surface area contributed by atoms with Crippen molar-refractivity contribution in [2.75, 3.05) is 25.0 Å². The molecule has 1 aliphatic heterocycles. The number of hydrogen-bond donors (Lipinski definition) is 2. The van der Waals surface area contributed by atoms with Gasteiger partial charge in [-0.15, -0.1) is 0 Å². The van der Waals surface area contributed by atoms with Crippen molar-refractivity contribution in [3.05, 3.63) is 29.3 Å². The highest BCUT2D eigenvalue weighted by Crippen LogP contribution is 2.19. The van der Waals surface area contributed by atoms with Gasteiger partial charge in [-0.3, -0.25) is 9.69 Å². The molecule has 0 bridgehead atoms. The van der Waals surface area contributed by atoms with E-state index >= 15 is 0 Å². The maximum absolute atomic E-state index is 11.1. The zero-order valence-corrected chi connectivity index (χ0v) is 13.3. The molecule has 1 atom stereocenters. The Kier molecular flexibility index (Phi) is 5.03. The van der Waals surface area contributed by atoms with Crippen LogP contribution < -0.4 is 5.32 Å². The fraction of sp³-hybridized carbons (Fsp3) is 0.500. The van der Waals surface area contributed by atoms with Crippen LogP contribution >= 0.6 is 0 Å². The molecule has 120 valence electrons. The van der Waals surface area contributed by atoms with E-state index in [2.05, 4.69) is 10.2 Å². The van der Waals surface area contributed by atoms with Crippen LogP contribution in [0, 0.1) is 6.92 Å². The van der Waals surface area contributed by atoms with Crippen molar-refractivity contribution in [2.24, 2.45) is 0 Å². The standard InChI is InChI=1S/C16H23N3O3/c1-11-8-15(17-13(3)20)5-4-14(11)10-18-6-7-19(16(21)22)12(2)9-18/h4-5,8,12H,6-7,9-10H2,1-3H3,(H,17,20)(H,21,22)/t12-/m0/s1. The molecule has 0 unspecified atom stereocenters. The highest BCUT2D eigenvalue weighted by molar-refractivity contribution is 5.88. The summed E-state index contributed by atoms with van der Waals surface area (Å²) in [6, 6.07) is 5.90. The van der Waals surface area contributed by atoms with Gasteiger partial charge in [0.2, 0.25) is 5.91 Å². The Balaban J connectivity index is 2.00. The van der Waals surface area contributed by atoms with Gasteiger partial charge in [-0.1, -0.05) is 6.07 Å². The lowest BCUT2D eigenvalue weighted by Crippen LogP contribution is -2.53. The van der Waals surface area contributed by atoms with Crippen LogP contribution in [0.1, 0.15) is 25.0 Å². The molecule has 1 heterocycles. The number of piperazine rings is 1. The monoisotopic (exact) mass is 305 g/mol. The first-order valence-corrected chi connectivity index (χ1v) is 7.46. The SMILES string of the molecule is CC(=O)Nc1ccc(CN2CCN(C(=O)O)[C@@H](C)C2)c(C)c1. The highest BCUT2D eigenvalue weighted by atomic mass is 16.4. The van der Waals surface area contributed by atoms with Gasteiger partial charge in [0.15, 0.2) is 0 Å². The second kappa shape index (κ2) is 6.79. The van der Waals surface area contributed by atoms with Crippen molar-refractivity contribution in [2.45, 2.75) is 33.4 Å². The number of rotatable bonds is 3. The summed E-state index contributed by atoms with van der Waals surface area (Å²) in [7, 11) is 0. The molecule has 1 aliphatic rings. The summed E-state index contributed by atoms with van der Waals surface area (Å²) in [5.74, 6) is -0.0780. The van der Waals surface area contributed by atoms with Gasteiger partial charge < -0.3 is 15.3 Å². The Hall–Kier alpha value is -2.08. The van der Waals surface area contributed by atoms with Crippen molar-refractivity contribution in [1.82, 2.24) is 9.80 Å². The first-order valence-electron chi connectivity index (χ1n) is 7.46. The molecule has 0 aliphatic carbocycles. The van der Waals surface area contributed by atoms with Gasteiger partial charge in [0.25, 0.3) is 0 Å². The van der Waals surface area contributed by atoms with Crippen LogP contribution in [-0.2, 0) is 11.3 Å². The molecule has 6 heteroatoms. The van der Waals surface area contributed by atoms with Gasteiger partial charge in [0, 0.05) is 44.8 Å². The molecular weight excluding hydrogens is 282 g/mol. The highest BCUT2D eigenvalue weighted by Gasteiger charge is 2.27. The third kappa shape index (κ3) is 3.98. The van der Waals surface area contributed by atoms with Gasteiger partial charge in [0.05, 0.1) is 0 Å². The van der Waals surface area contributed by atoms with Crippen molar-refractivity contribution >= 4 is 17.7 Å². The molecular formula is C16H23N3O3. The van der Waals surface area contributed by atoms with Crippen molar-refractivity contribution in [3.63, 3.8) is 0 Å². The summed E-state index contributed by atoms with van der Waals surface area (Å²) in [5, 5.41) is 11.9. The van der Waals surface area contributed by atoms with Crippen LogP contribution in [0.25, 0.3) is 0 Å². The van der Waals surface area contributed by atoms with E-state index in [1.165, 1.54) is 17.4 Å². The third-order valence-electron chi connectivity index (χ3n) is 4.01. The molecule has 2 amide bonds. The molecule has 22 heavy (non-hydrogen) atoms. The van der Waals surface area contributed by atoms with E-state index in [1.807, 2.05) is 32.0 Å². The van der Waals surface area contributed by atoms with E-state index in [9.17, 15) is 9.59 Å². The summed E-state index contributed by atoms with van der Waals surface area (Å²) >= 11 is 0. The molecule has 0 aromatic heterocycles. The Bertz CT molecular complexity index is 574. The minimum Gasteiger partial charge on any atom is -0.465 e. The van der Waals surface area contributed by atoms with Crippen LogP contribution in [0.5, 0.6) is 0 Å². The van der Waals surface area contributed by atoms with Crippen LogP contribution in [0.3, 0.4) is 0 Å². The topological polar surface area (TPSA) is 72.9 Å². The van der Waals surface area contributed by atoms with Gasteiger partial charge in [-0.25, -0.2) is 4.79 Å². The van der Waals surface area contributed by atoms with Crippen LogP contribution in [0.2, 0.25) is 0 Å². The average Bonchev–Trinajstić information content (AvgIpc) is 2.41. The van der Waals surface area contributed by atoms with Crippen LogP contribution in [0.15, 0.2) is 18.2 Å². The zero-order valence-electron chi connectivity index (χ0n) is 13.3. The number of carbonyl (C=O) groups is 2. The number of benzene rings is 1. The Morgan fingerprint density at radius 1 is 1.36 bits per heavy atom. The molecule has 1 saturated heterocycles. The first kappa shape index (κ1) is 16.3. The van der Waals surface area contributed by atoms with Gasteiger partial charge in [-0.2, -0.15) is 0 Å². The van der Waals surface area contributed by atoms with E-state index in [1.54, 1.807) is 0 Å². The zero-order chi connectivity index (χ0) is 16.3. The Labute approximate surface area is 130 Å². The van der Waals surface area contributed by atoms with Gasteiger partial charge in [-0.05, 0) is 37.1 Å². The lowest BCUT2D eigenvalue weighted by atomic mass is 10.1. The number of carbonyl (C=O) groups excluding carboxylic acids is 1. The lowest BCUT2D eigenvalue weighted by molar-refractivity contribution is -0.114. The molecule has 1 fully saturated rings. The molecule has 0 radical (unpaired) electrons.